The maximum absolute atomic E-state index is 3.59. The highest BCUT2D eigenvalue weighted by atomic mass is 32.2. The maximum atomic E-state index is 3.59. The molecule has 2 unspecified atom stereocenters. The molecule has 1 aliphatic heterocycles. The van der Waals surface area contributed by atoms with Crippen molar-refractivity contribution in [1.29, 1.82) is 0 Å². The van der Waals surface area contributed by atoms with Crippen LogP contribution in [0.2, 0.25) is 0 Å². The lowest BCUT2D eigenvalue weighted by Gasteiger charge is -2.28. The second kappa shape index (κ2) is 6.52. The molecule has 2 atom stereocenters. The van der Waals surface area contributed by atoms with Crippen molar-refractivity contribution in [2.24, 2.45) is 0 Å². The molecule has 82 valence electrons. The van der Waals surface area contributed by atoms with E-state index in [1.807, 2.05) is 0 Å². The highest BCUT2D eigenvalue weighted by molar-refractivity contribution is 8.00. The van der Waals surface area contributed by atoms with Crippen molar-refractivity contribution >= 4 is 11.8 Å². The zero-order chi connectivity index (χ0) is 10.4. The summed E-state index contributed by atoms with van der Waals surface area (Å²) in [5.41, 5.74) is 1.43. The predicted octanol–water partition coefficient (Wildman–Crippen LogP) is 3.22. The molecule has 2 heteroatoms. The summed E-state index contributed by atoms with van der Waals surface area (Å²) >= 11 is 2.15. The first-order valence-electron chi connectivity index (χ1n) is 5.74. The van der Waals surface area contributed by atoms with Crippen LogP contribution in [-0.2, 0) is 0 Å². The highest BCUT2D eigenvalue weighted by Crippen LogP contribution is 2.28. The third-order valence-electron chi connectivity index (χ3n) is 2.57. The van der Waals surface area contributed by atoms with Gasteiger partial charge in [-0.3, -0.25) is 0 Å². The second-order valence-corrected chi connectivity index (χ2v) is 5.58. The Morgan fingerprint density at radius 1 is 1.50 bits per heavy atom. The van der Waals surface area contributed by atoms with Gasteiger partial charge in [-0.1, -0.05) is 25.0 Å². The number of allylic oxidation sites excluding steroid dienone is 1. The van der Waals surface area contributed by atoms with Crippen LogP contribution in [0.15, 0.2) is 11.6 Å². The molecular formula is C12H23NS. The summed E-state index contributed by atoms with van der Waals surface area (Å²) in [5, 5.41) is 4.39. The van der Waals surface area contributed by atoms with Gasteiger partial charge in [0.1, 0.15) is 0 Å². The predicted molar refractivity (Wildman–Crippen MR) is 67.0 cm³/mol. The lowest BCUT2D eigenvalue weighted by Crippen LogP contribution is -2.37. The zero-order valence-electron chi connectivity index (χ0n) is 9.68. The molecule has 0 aromatic carbocycles. The van der Waals surface area contributed by atoms with E-state index >= 15 is 0 Å². The minimum absolute atomic E-state index is 0.593. The molecule has 1 rings (SSSR count). The number of hydrogen-bond donors (Lipinski definition) is 1. The van der Waals surface area contributed by atoms with Gasteiger partial charge in [-0.05, 0) is 39.0 Å². The number of likely N-dealkylation sites (N-methyl/N-ethyl adjacent to an activating group) is 1. The smallest absolute Gasteiger partial charge is 0.0372 e. The molecule has 0 aromatic heterocycles. The minimum atomic E-state index is 0.593. The lowest BCUT2D eigenvalue weighted by atomic mass is 10.0. The van der Waals surface area contributed by atoms with Gasteiger partial charge in [-0.25, -0.2) is 0 Å². The van der Waals surface area contributed by atoms with Crippen molar-refractivity contribution in [3.05, 3.63) is 11.6 Å². The van der Waals surface area contributed by atoms with E-state index in [9.17, 15) is 0 Å². The Hall–Kier alpha value is 0.0500. The van der Waals surface area contributed by atoms with Gasteiger partial charge in [-0.2, -0.15) is 11.8 Å². The van der Waals surface area contributed by atoms with Crippen LogP contribution in [0.4, 0.5) is 0 Å². The Bertz CT molecular complexity index is 179. The van der Waals surface area contributed by atoms with Crippen LogP contribution in [0.5, 0.6) is 0 Å². The molecule has 1 N–H and O–H groups in total. The summed E-state index contributed by atoms with van der Waals surface area (Å²) in [6, 6.07) is 0.593. The molecule has 1 heterocycles. The van der Waals surface area contributed by atoms with Crippen molar-refractivity contribution in [2.75, 3.05) is 12.3 Å². The first-order chi connectivity index (χ1) is 6.74. The van der Waals surface area contributed by atoms with Gasteiger partial charge in [-0.15, -0.1) is 0 Å². The minimum Gasteiger partial charge on any atom is -0.310 e. The molecule has 0 amide bonds. The molecule has 0 bridgehead atoms. The summed E-state index contributed by atoms with van der Waals surface area (Å²) in [6.45, 7) is 7.65. The SMILES string of the molecule is CCNC(C=C(C)C)C1CCCCS1. The number of nitrogens with one attached hydrogen (secondary N) is 1. The zero-order valence-corrected chi connectivity index (χ0v) is 10.5. The van der Waals surface area contributed by atoms with Crippen molar-refractivity contribution in [3.63, 3.8) is 0 Å². The molecule has 0 radical (unpaired) electrons. The Balaban J connectivity index is 2.51. The molecule has 1 aliphatic rings. The molecule has 0 spiro atoms. The summed E-state index contributed by atoms with van der Waals surface area (Å²) in [7, 11) is 0. The Morgan fingerprint density at radius 2 is 2.29 bits per heavy atom. The summed E-state index contributed by atoms with van der Waals surface area (Å²) in [6.07, 6.45) is 6.60. The lowest BCUT2D eigenvalue weighted by molar-refractivity contribution is 0.537. The monoisotopic (exact) mass is 213 g/mol. The first-order valence-corrected chi connectivity index (χ1v) is 6.79. The van der Waals surface area contributed by atoms with Gasteiger partial charge in [0.2, 0.25) is 0 Å². The molecule has 0 saturated carbocycles. The van der Waals surface area contributed by atoms with Crippen molar-refractivity contribution in [2.45, 2.75) is 51.3 Å². The van der Waals surface area contributed by atoms with Crippen LogP contribution < -0.4 is 5.32 Å². The van der Waals surface area contributed by atoms with E-state index in [1.165, 1.54) is 30.6 Å². The number of thioether (sulfide) groups is 1. The second-order valence-electron chi connectivity index (χ2n) is 4.23. The quantitative estimate of drug-likeness (QED) is 0.720. The maximum Gasteiger partial charge on any atom is 0.0372 e. The summed E-state index contributed by atoms with van der Waals surface area (Å²) in [5.74, 6) is 1.35. The average Bonchev–Trinajstić information content (AvgIpc) is 2.18. The number of hydrogen-bond acceptors (Lipinski definition) is 2. The van der Waals surface area contributed by atoms with Gasteiger partial charge in [0, 0.05) is 11.3 Å². The number of rotatable bonds is 4. The fourth-order valence-electron chi connectivity index (χ4n) is 1.94. The fraction of sp³-hybridized carbons (Fsp3) is 0.833. The van der Waals surface area contributed by atoms with E-state index in [2.05, 4.69) is 43.9 Å². The third kappa shape index (κ3) is 4.05. The normalized spacial score (nSPS) is 24.4. The van der Waals surface area contributed by atoms with Crippen molar-refractivity contribution < 1.29 is 0 Å². The van der Waals surface area contributed by atoms with Gasteiger partial charge in [0.15, 0.2) is 0 Å². The molecule has 14 heavy (non-hydrogen) atoms. The van der Waals surface area contributed by atoms with Gasteiger partial charge in [0.05, 0.1) is 0 Å². The highest BCUT2D eigenvalue weighted by Gasteiger charge is 2.21. The Kier molecular flexibility index (Phi) is 5.64. The van der Waals surface area contributed by atoms with Crippen LogP contribution in [0, 0.1) is 0 Å². The van der Waals surface area contributed by atoms with E-state index in [0.717, 1.165) is 11.8 Å². The Labute approximate surface area is 92.7 Å². The van der Waals surface area contributed by atoms with Gasteiger partial charge in [0.25, 0.3) is 0 Å². The standard InChI is InChI=1S/C12H23NS/c1-4-13-11(9-10(2)3)12-7-5-6-8-14-12/h9,11-13H,4-8H2,1-3H3. The van der Waals surface area contributed by atoms with E-state index < -0.39 is 0 Å². The topological polar surface area (TPSA) is 12.0 Å². The summed E-state index contributed by atoms with van der Waals surface area (Å²) in [4.78, 5) is 0. The molecular weight excluding hydrogens is 190 g/mol. The van der Waals surface area contributed by atoms with Crippen molar-refractivity contribution in [1.82, 2.24) is 5.32 Å². The van der Waals surface area contributed by atoms with E-state index in [4.69, 9.17) is 0 Å². The van der Waals surface area contributed by atoms with E-state index in [0.29, 0.717) is 6.04 Å². The molecule has 1 saturated heterocycles. The first kappa shape index (κ1) is 12.1. The van der Waals surface area contributed by atoms with Gasteiger partial charge < -0.3 is 5.32 Å². The average molecular weight is 213 g/mol. The molecule has 1 fully saturated rings. The molecule has 1 nitrogen and oxygen atoms in total. The fourth-order valence-corrected chi connectivity index (χ4v) is 3.33. The van der Waals surface area contributed by atoms with Crippen LogP contribution in [0.3, 0.4) is 0 Å². The van der Waals surface area contributed by atoms with Crippen LogP contribution >= 0.6 is 11.8 Å². The largest absolute Gasteiger partial charge is 0.310 e. The van der Waals surface area contributed by atoms with Crippen molar-refractivity contribution in [3.8, 4) is 0 Å². The van der Waals surface area contributed by atoms with E-state index in [1.54, 1.807) is 0 Å². The Morgan fingerprint density at radius 3 is 2.79 bits per heavy atom. The van der Waals surface area contributed by atoms with Crippen LogP contribution in [0.1, 0.15) is 40.0 Å². The van der Waals surface area contributed by atoms with E-state index in [-0.39, 0.29) is 0 Å². The molecule has 0 aliphatic carbocycles. The van der Waals surface area contributed by atoms with Crippen LogP contribution in [-0.4, -0.2) is 23.6 Å². The molecule has 0 aromatic rings. The third-order valence-corrected chi connectivity index (χ3v) is 4.05. The van der Waals surface area contributed by atoms with Gasteiger partial charge >= 0.3 is 0 Å². The van der Waals surface area contributed by atoms with Crippen LogP contribution in [0.25, 0.3) is 0 Å². The summed E-state index contributed by atoms with van der Waals surface area (Å²) < 4.78 is 0.